The number of nitrogens with zero attached hydrogens (tertiary/aromatic N) is 3. The lowest BCUT2D eigenvalue weighted by molar-refractivity contribution is 0.386. The van der Waals surface area contributed by atoms with Crippen LogP contribution in [-0.4, -0.2) is 33.8 Å². The predicted octanol–water partition coefficient (Wildman–Crippen LogP) is 6.05. The molecule has 2 heterocycles. The lowest BCUT2D eigenvalue weighted by atomic mass is 9.94. The number of aryl methyl sites for hydroxylation is 1. The van der Waals surface area contributed by atoms with Crippen LogP contribution >= 0.6 is 12.2 Å². The third-order valence-corrected chi connectivity index (χ3v) is 6.40. The average molecular weight is 481 g/mol. The fraction of sp³-hybridized carbons (Fsp3) is 0.346. The zero-order valence-electron chi connectivity index (χ0n) is 19.9. The van der Waals surface area contributed by atoms with Crippen LogP contribution in [0.15, 0.2) is 52.7 Å². The van der Waals surface area contributed by atoms with Crippen LogP contribution in [0.5, 0.6) is 5.75 Å². The van der Waals surface area contributed by atoms with E-state index in [0.29, 0.717) is 22.4 Å². The number of halogens is 1. The molecule has 2 aromatic carbocycles. The van der Waals surface area contributed by atoms with Crippen LogP contribution in [0.4, 0.5) is 4.39 Å². The number of rotatable bonds is 8. The van der Waals surface area contributed by atoms with Gasteiger partial charge in [-0.05, 0) is 56.2 Å². The molecular weight excluding hydrogens is 451 g/mol. The van der Waals surface area contributed by atoms with Gasteiger partial charge >= 0.3 is 0 Å². The third kappa shape index (κ3) is 4.82. The van der Waals surface area contributed by atoms with Crippen molar-refractivity contribution in [3.05, 3.63) is 71.0 Å². The van der Waals surface area contributed by atoms with Gasteiger partial charge < -0.3 is 19.5 Å². The molecule has 1 N–H and O–H groups in total. The molecule has 3 aromatic rings. The summed E-state index contributed by atoms with van der Waals surface area (Å²) in [5, 5.41) is 8.30. The fourth-order valence-electron chi connectivity index (χ4n) is 4.11. The smallest absolute Gasteiger partial charge is 0.258 e. The summed E-state index contributed by atoms with van der Waals surface area (Å²) in [6.07, 6.45) is 3.27. The molecule has 0 bridgehead atoms. The summed E-state index contributed by atoms with van der Waals surface area (Å²) in [6.45, 7) is 7.07. The molecule has 0 amide bonds. The Hall–Kier alpha value is -3.26. The normalized spacial score (nSPS) is 16.1. The number of hydrogen-bond acceptors (Lipinski definition) is 5. The van der Waals surface area contributed by atoms with Crippen LogP contribution in [-0.2, 0) is 0 Å². The van der Waals surface area contributed by atoms with Crippen molar-refractivity contribution >= 4 is 22.9 Å². The highest BCUT2D eigenvalue weighted by atomic mass is 32.1. The second-order valence-electron chi connectivity index (χ2n) is 8.42. The van der Waals surface area contributed by atoms with Crippen molar-refractivity contribution in [2.75, 3.05) is 13.7 Å². The first-order valence-electron chi connectivity index (χ1n) is 11.5. The SMILES string of the molecule is CCCCCN1C(=S)NC(c2ccc(C)cc2)C(c2nc(-c3ccc(OC)c(F)c3)no2)=C1C. The second-order valence-corrected chi connectivity index (χ2v) is 8.81. The number of allylic oxidation sites excluding steroid dienone is 1. The zero-order chi connectivity index (χ0) is 24.2. The van der Waals surface area contributed by atoms with Crippen LogP contribution in [0.2, 0.25) is 0 Å². The molecule has 0 fully saturated rings. The minimum Gasteiger partial charge on any atom is -0.494 e. The number of ether oxygens (including phenoxy) is 1. The van der Waals surface area contributed by atoms with E-state index in [1.165, 1.54) is 18.7 Å². The van der Waals surface area contributed by atoms with Crippen molar-refractivity contribution < 1.29 is 13.7 Å². The van der Waals surface area contributed by atoms with Gasteiger partial charge in [0, 0.05) is 17.8 Å². The number of thiocarbonyl (C=S) groups is 1. The molecule has 178 valence electrons. The van der Waals surface area contributed by atoms with E-state index in [2.05, 4.69) is 58.5 Å². The number of hydrogen-bond donors (Lipinski definition) is 1. The van der Waals surface area contributed by atoms with E-state index in [1.807, 2.05) is 6.92 Å². The van der Waals surface area contributed by atoms with Gasteiger partial charge in [0.2, 0.25) is 5.82 Å². The Bertz CT molecular complexity index is 1210. The maximum absolute atomic E-state index is 14.3. The quantitative estimate of drug-likeness (QED) is 0.311. The first-order chi connectivity index (χ1) is 16.4. The summed E-state index contributed by atoms with van der Waals surface area (Å²) in [6, 6.07) is 12.7. The largest absolute Gasteiger partial charge is 0.494 e. The molecule has 0 spiro atoms. The molecule has 1 unspecified atom stereocenters. The highest BCUT2D eigenvalue weighted by molar-refractivity contribution is 7.80. The molecule has 0 saturated heterocycles. The molecule has 0 saturated carbocycles. The first kappa shape index (κ1) is 23.9. The Morgan fingerprint density at radius 3 is 2.59 bits per heavy atom. The van der Waals surface area contributed by atoms with Gasteiger partial charge in [0.05, 0.1) is 18.7 Å². The monoisotopic (exact) mass is 480 g/mol. The molecule has 1 aliphatic rings. The van der Waals surface area contributed by atoms with Gasteiger partial charge in [-0.3, -0.25) is 0 Å². The lowest BCUT2D eigenvalue weighted by Gasteiger charge is -2.37. The van der Waals surface area contributed by atoms with Gasteiger partial charge in [0.15, 0.2) is 16.7 Å². The van der Waals surface area contributed by atoms with Gasteiger partial charge in [-0.2, -0.15) is 4.98 Å². The van der Waals surface area contributed by atoms with E-state index >= 15 is 0 Å². The van der Waals surface area contributed by atoms with Crippen molar-refractivity contribution in [2.24, 2.45) is 0 Å². The van der Waals surface area contributed by atoms with Gasteiger partial charge in [-0.15, -0.1) is 0 Å². The van der Waals surface area contributed by atoms with Crippen molar-refractivity contribution in [3.63, 3.8) is 0 Å². The fourth-order valence-corrected chi connectivity index (χ4v) is 4.46. The second kappa shape index (κ2) is 10.3. The Kier molecular flexibility index (Phi) is 7.26. The summed E-state index contributed by atoms with van der Waals surface area (Å²) >= 11 is 5.74. The van der Waals surface area contributed by atoms with Gasteiger partial charge in [0.1, 0.15) is 0 Å². The van der Waals surface area contributed by atoms with Crippen molar-refractivity contribution in [1.82, 2.24) is 20.4 Å². The van der Waals surface area contributed by atoms with Gasteiger partial charge in [-0.25, -0.2) is 4.39 Å². The van der Waals surface area contributed by atoms with Crippen molar-refractivity contribution in [2.45, 2.75) is 46.1 Å². The Labute approximate surface area is 204 Å². The van der Waals surface area contributed by atoms with E-state index in [-0.39, 0.29) is 11.8 Å². The van der Waals surface area contributed by atoms with Crippen LogP contribution in [0, 0.1) is 12.7 Å². The minimum absolute atomic E-state index is 0.165. The van der Waals surface area contributed by atoms with E-state index in [9.17, 15) is 4.39 Å². The first-order valence-corrected chi connectivity index (χ1v) is 11.9. The number of methoxy groups -OCH3 is 1. The molecule has 1 aliphatic heterocycles. The molecule has 0 radical (unpaired) electrons. The minimum atomic E-state index is -0.481. The van der Waals surface area contributed by atoms with Crippen molar-refractivity contribution in [1.29, 1.82) is 0 Å². The summed E-state index contributed by atoms with van der Waals surface area (Å²) in [7, 11) is 1.43. The summed E-state index contributed by atoms with van der Waals surface area (Å²) < 4.78 is 25.0. The molecule has 1 atom stereocenters. The Morgan fingerprint density at radius 1 is 1.15 bits per heavy atom. The Balaban J connectivity index is 1.76. The lowest BCUT2D eigenvalue weighted by Crippen LogP contribution is -2.46. The van der Waals surface area contributed by atoms with E-state index in [4.69, 9.17) is 21.5 Å². The van der Waals surface area contributed by atoms with E-state index in [0.717, 1.165) is 42.6 Å². The van der Waals surface area contributed by atoms with Crippen LogP contribution in [0.25, 0.3) is 17.0 Å². The number of benzene rings is 2. The topological polar surface area (TPSA) is 63.4 Å². The molecule has 1 aromatic heterocycles. The number of nitrogens with one attached hydrogen (secondary N) is 1. The third-order valence-electron chi connectivity index (χ3n) is 6.06. The average Bonchev–Trinajstić information content (AvgIpc) is 3.31. The molecule has 0 aliphatic carbocycles. The molecular formula is C26H29FN4O2S. The predicted molar refractivity (Wildman–Crippen MR) is 135 cm³/mol. The van der Waals surface area contributed by atoms with Gasteiger partial charge in [0.25, 0.3) is 5.89 Å². The number of aromatic nitrogens is 2. The van der Waals surface area contributed by atoms with Crippen molar-refractivity contribution in [3.8, 4) is 17.1 Å². The maximum Gasteiger partial charge on any atom is 0.258 e. The van der Waals surface area contributed by atoms with Crippen LogP contribution in [0.3, 0.4) is 0 Å². The maximum atomic E-state index is 14.3. The zero-order valence-corrected chi connectivity index (χ0v) is 20.7. The van der Waals surface area contributed by atoms with E-state index in [1.54, 1.807) is 12.1 Å². The molecule has 8 heteroatoms. The highest BCUT2D eigenvalue weighted by Gasteiger charge is 2.33. The van der Waals surface area contributed by atoms with Crippen LogP contribution < -0.4 is 10.1 Å². The molecule has 4 rings (SSSR count). The van der Waals surface area contributed by atoms with Crippen LogP contribution in [0.1, 0.15) is 56.2 Å². The summed E-state index contributed by atoms with van der Waals surface area (Å²) in [5.41, 5.74) is 4.57. The highest BCUT2D eigenvalue weighted by Crippen LogP contribution is 2.37. The van der Waals surface area contributed by atoms with E-state index < -0.39 is 5.82 Å². The number of unbranched alkanes of at least 4 members (excludes halogenated alkanes) is 2. The molecule has 6 nitrogen and oxygen atoms in total. The summed E-state index contributed by atoms with van der Waals surface area (Å²) in [4.78, 5) is 6.75. The standard InChI is InChI=1S/C26H29FN4O2S/c1-5-6-7-14-31-17(3)22(23(28-26(31)34)18-10-8-16(2)9-11-18)25-29-24(30-33-25)19-12-13-21(32-4)20(27)15-19/h8-13,15,23H,5-7,14H2,1-4H3,(H,28,34). The summed E-state index contributed by atoms with van der Waals surface area (Å²) in [5.74, 6) is 0.374. The molecule has 34 heavy (non-hydrogen) atoms. The van der Waals surface area contributed by atoms with Gasteiger partial charge in [-0.1, -0.05) is 54.8 Å². The Morgan fingerprint density at radius 2 is 1.91 bits per heavy atom.